The SMILES string of the molecule is COc1ccc(COC(=O)CC(=O)O)cc1OC. The second-order valence-corrected chi connectivity index (χ2v) is 3.42. The van der Waals surface area contributed by atoms with E-state index >= 15 is 0 Å². The van der Waals surface area contributed by atoms with E-state index in [2.05, 4.69) is 0 Å². The molecule has 0 saturated carbocycles. The van der Waals surface area contributed by atoms with Gasteiger partial charge in [-0.1, -0.05) is 6.07 Å². The van der Waals surface area contributed by atoms with E-state index in [9.17, 15) is 9.59 Å². The van der Waals surface area contributed by atoms with Gasteiger partial charge in [0.2, 0.25) is 0 Å². The maximum absolute atomic E-state index is 11.0. The molecule has 1 aromatic carbocycles. The second kappa shape index (κ2) is 6.48. The topological polar surface area (TPSA) is 82.1 Å². The molecule has 0 aliphatic heterocycles. The standard InChI is InChI=1S/C12H14O6/c1-16-9-4-3-8(5-10(9)17-2)7-18-12(15)6-11(13)14/h3-5H,6-7H2,1-2H3,(H,13,14). The van der Waals surface area contributed by atoms with Crippen molar-refractivity contribution in [2.75, 3.05) is 14.2 Å². The first-order chi connectivity index (χ1) is 8.56. The maximum atomic E-state index is 11.0. The average Bonchev–Trinajstić information content (AvgIpc) is 2.35. The molecular weight excluding hydrogens is 240 g/mol. The highest BCUT2D eigenvalue weighted by atomic mass is 16.5. The summed E-state index contributed by atoms with van der Waals surface area (Å²) in [4.78, 5) is 21.3. The molecule has 0 aromatic heterocycles. The van der Waals surface area contributed by atoms with Gasteiger partial charge in [-0.05, 0) is 17.7 Å². The summed E-state index contributed by atoms with van der Waals surface area (Å²) in [5.41, 5.74) is 0.686. The van der Waals surface area contributed by atoms with Crippen LogP contribution in [0.2, 0.25) is 0 Å². The van der Waals surface area contributed by atoms with E-state index in [1.165, 1.54) is 14.2 Å². The molecule has 6 nitrogen and oxygen atoms in total. The average molecular weight is 254 g/mol. The van der Waals surface area contributed by atoms with Crippen LogP contribution in [0.15, 0.2) is 18.2 Å². The number of benzene rings is 1. The first-order valence-electron chi connectivity index (χ1n) is 5.15. The van der Waals surface area contributed by atoms with E-state index < -0.39 is 18.4 Å². The van der Waals surface area contributed by atoms with Crippen LogP contribution in [0.5, 0.6) is 11.5 Å². The minimum atomic E-state index is -1.22. The van der Waals surface area contributed by atoms with Gasteiger partial charge in [0.15, 0.2) is 11.5 Å². The Bertz CT molecular complexity index is 440. The van der Waals surface area contributed by atoms with Crippen molar-refractivity contribution in [3.63, 3.8) is 0 Å². The number of carbonyl (C=O) groups is 2. The van der Waals surface area contributed by atoms with E-state index in [1.54, 1.807) is 18.2 Å². The van der Waals surface area contributed by atoms with Crippen molar-refractivity contribution in [3.05, 3.63) is 23.8 Å². The molecule has 0 aliphatic carbocycles. The van der Waals surface area contributed by atoms with Gasteiger partial charge in [-0.2, -0.15) is 0 Å². The number of hydrogen-bond donors (Lipinski definition) is 1. The Morgan fingerprint density at radius 1 is 1.17 bits per heavy atom. The van der Waals surface area contributed by atoms with E-state index in [4.69, 9.17) is 19.3 Å². The molecule has 0 heterocycles. The normalized spacial score (nSPS) is 9.67. The second-order valence-electron chi connectivity index (χ2n) is 3.42. The van der Waals surface area contributed by atoms with Crippen LogP contribution in [0.25, 0.3) is 0 Å². The zero-order chi connectivity index (χ0) is 13.5. The van der Waals surface area contributed by atoms with Crippen molar-refractivity contribution in [1.29, 1.82) is 0 Å². The van der Waals surface area contributed by atoms with Gasteiger partial charge in [-0.3, -0.25) is 9.59 Å². The van der Waals surface area contributed by atoms with E-state index in [1.807, 2.05) is 0 Å². The number of esters is 1. The fourth-order valence-corrected chi connectivity index (χ4v) is 1.31. The fourth-order valence-electron chi connectivity index (χ4n) is 1.31. The van der Waals surface area contributed by atoms with Crippen LogP contribution in [0.3, 0.4) is 0 Å². The van der Waals surface area contributed by atoms with Gasteiger partial charge in [-0.15, -0.1) is 0 Å². The van der Waals surface area contributed by atoms with Gasteiger partial charge < -0.3 is 19.3 Å². The number of carbonyl (C=O) groups excluding carboxylic acids is 1. The van der Waals surface area contributed by atoms with E-state index in [-0.39, 0.29) is 6.61 Å². The molecule has 0 atom stereocenters. The molecule has 0 radical (unpaired) electrons. The highest BCUT2D eigenvalue weighted by Crippen LogP contribution is 2.27. The molecule has 6 heteroatoms. The molecule has 1 N–H and O–H groups in total. The Labute approximate surface area is 104 Å². The smallest absolute Gasteiger partial charge is 0.317 e. The van der Waals surface area contributed by atoms with Crippen molar-refractivity contribution < 1.29 is 28.9 Å². The van der Waals surface area contributed by atoms with Crippen molar-refractivity contribution >= 4 is 11.9 Å². The molecule has 0 aliphatic rings. The third-order valence-electron chi connectivity index (χ3n) is 2.14. The van der Waals surface area contributed by atoms with Crippen molar-refractivity contribution in [2.45, 2.75) is 13.0 Å². The summed E-state index contributed by atoms with van der Waals surface area (Å²) in [5.74, 6) is -0.910. The summed E-state index contributed by atoms with van der Waals surface area (Å²) in [6.07, 6.45) is -0.646. The summed E-state index contributed by atoms with van der Waals surface area (Å²) in [6.45, 7) is -0.00747. The molecule has 98 valence electrons. The molecule has 0 unspecified atom stereocenters. The Morgan fingerprint density at radius 3 is 2.39 bits per heavy atom. The van der Waals surface area contributed by atoms with Crippen LogP contribution < -0.4 is 9.47 Å². The lowest BCUT2D eigenvalue weighted by molar-refractivity contribution is -0.152. The first-order valence-corrected chi connectivity index (χ1v) is 5.15. The number of carboxylic acid groups (broad SMARTS) is 1. The molecule has 0 amide bonds. The van der Waals surface area contributed by atoms with Gasteiger partial charge in [-0.25, -0.2) is 0 Å². The van der Waals surface area contributed by atoms with E-state index in [0.29, 0.717) is 17.1 Å². The number of ether oxygens (including phenoxy) is 3. The number of aliphatic carboxylic acids is 1. The molecule has 0 saturated heterocycles. The largest absolute Gasteiger partial charge is 0.493 e. The number of methoxy groups -OCH3 is 2. The highest BCUT2D eigenvalue weighted by Gasteiger charge is 2.10. The summed E-state index contributed by atoms with van der Waals surface area (Å²) >= 11 is 0. The number of rotatable bonds is 6. The monoisotopic (exact) mass is 254 g/mol. The summed E-state index contributed by atoms with van der Waals surface area (Å²) < 4.78 is 14.9. The molecule has 1 rings (SSSR count). The fraction of sp³-hybridized carbons (Fsp3) is 0.333. The zero-order valence-corrected chi connectivity index (χ0v) is 10.1. The predicted octanol–water partition coefficient (Wildman–Crippen LogP) is 1.22. The lowest BCUT2D eigenvalue weighted by atomic mass is 10.2. The predicted molar refractivity (Wildman–Crippen MR) is 61.6 cm³/mol. The third-order valence-corrected chi connectivity index (χ3v) is 2.14. The van der Waals surface area contributed by atoms with E-state index in [0.717, 1.165) is 0 Å². The van der Waals surface area contributed by atoms with Gasteiger partial charge in [0.05, 0.1) is 14.2 Å². The zero-order valence-electron chi connectivity index (χ0n) is 10.1. The number of carboxylic acids is 1. The first kappa shape index (κ1) is 13.8. The van der Waals surface area contributed by atoms with Crippen LogP contribution in [0.1, 0.15) is 12.0 Å². The van der Waals surface area contributed by atoms with Crippen LogP contribution >= 0.6 is 0 Å². The van der Waals surface area contributed by atoms with Gasteiger partial charge in [0.25, 0.3) is 0 Å². The molecule has 0 fully saturated rings. The lowest BCUT2D eigenvalue weighted by Crippen LogP contribution is -2.10. The van der Waals surface area contributed by atoms with Crippen LogP contribution in [0.4, 0.5) is 0 Å². The maximum Gasteiger partial charge on any atom is 0.317 e. The minimum absolute atomic E-state index is 0.00747. The number of hydrogen-bond acceptors (Lipinski definition) is 5. The van der Waals surface area contributed by atoms with Gasteiger partial charge in [0.1, 0.15) is 13.0 Å². The Kier molecular flexibility index (Phi) is 4.98. The Hall–Kier alpha value is -2.24. The van der Waals surface area contributed by atoms with Crippen LogP contribution in [-0.4, -0.2) is 31.3 Å². The van der Waals surface area contributed by atoms with Gasteiger partial charge in [0, 0.05) is 0 Å². The summed E-state index contributed by atoms with van der Waals surface area (Å²) in [6, 6.07) is 5.04. The molecule has 0 spiro atoms. The van der Waals surface area contributed by atoms with Crippen LogP contribution in [-0.2, 0) is 20.9 Å². The molecule has 1 aromatic rings. The molecule has 18 heavy (non-hydrogen) atoms. The van der Waals surface area contributed by atoms with Crippen LogP contribution in [0, 0.1) is 0 Å². The Morgan fingerprint density at radius 2 is 1.83 bits per heavy atom. The summed E-state index contributed by atoms with van der Waals surface area (Å²) in [7, 11) is 3.02. The Balaban J connectivity index is 2.63. The van der Waals surface area contributed by atoms with Crippen molar-refractivity contribution in [3.8, 4) is 11.5 Å². The van der Waals surface area contributed by atoms with Gasteiger partial charge >= 0.3 is 11.9 Å². The van der Waals surface area contributed by atoms with Crippen molar-refractivity contribution in [2.24, 2.45) is 0 Å². The third kappa shape index (κ3) is 3.97. The molecule has 0 bridgehead atoms. The lowest BCUT2D eigenvalue weighted by Gasteiger charge is -2.09. The summed E-state index contributed by atoms with van der Waals surface area (Å²) in [5, 5.41) is 8.39. The quantitative estimate of drug-likeness (QED) is 0.607. The highest BCUT2D eigenvalue weighted by molar-refractivity contribution is 5.90. The van der Waals surface area contributed by atoms with Crippen molar-refractivity contribution in [1.82, 2.24) is 0 Å². The minimum Gasteiger partial charge on any atom is -0.493 e. The molecular formula is C12H14O6.